The number of hydrogen-bond acceptors (Lipinski definition) is 8. The molecule has 3 aromatic carbocycles. The van der Waals surface area contributed by atoms with Gasteiger partial charge in [-0.1, -0.05) is 97.9 Å². The molecule has 2 heterocycles. The Hall–Kier alpha value is -4.28. The van der Waals surface area contributed by atoms with Crippen LogP contribution in [0.5, 0.6) is 0 Å². The fourth-order valence-electron chi connectivity index (χ4n) is 5.67. The first kappa shape index (κ1) is 34.1. The third-order valence-corrected chi connectivity index (χ3v) is 8.30. The molecule has 1 N–H and O–H groups in total. The van der Waals surface area contributed by atoms with Crippen LogP contribution >= 0.6 is 0 Å². The highest BCUT2D eigenvalue weighted by Gasteiger charge is 2.44. The predicted octanol–water partition coefficient (Wildman–Crippen LogP) is 6.58. The van der Waals surface area contributed by atoms with Crippen LogP contribution in [0.25, 0.3) is 0 Å². The molecule has 4 atom stereocenters. The van der Waals surface area contributed by atoms with E-state index >= 15 is 0 Å². The number of aliphatic hydroxyl groups excluding tert-OH is 1. The lowest BCUT2D eigenvalue weighted by Gasteiger charge is -2.26. The van der Waals surface area contributed by atoms with E-state index < -0.39 is 30.3 Å². The normalized spacial score (nSPS) is 16.5. The van der Waals surface area contributed by atoms with E-state index in [-0.39, 0.29) is 18.5 Å². The number of methoxy groups -OCH3 is 1. The summed E-state index contributed by atoms with van der Waals surface area (Å²) < 4.78 is 29.0. The van der Waals surface area contributed by atoms with Crippen molar-refractivity contribution in [3.63, 3.8) is 0 Å². The van der Waals surface area contributed by atoms with Crippen molar-refractivity contribution in [3.8, 4) is 0 Å². The van der Waals surface area contributed by atoms with Crippen LogP contribution in [-0.4, -0.2) is 61.1 Å². The quantitative estimate of drug-likeness (QED) is 0.129. The number of imide groups is 1. The van der Waals surface area contributed by atoms with Crippen LogP contribution in [0.3, 0.4) is 0 Å². The maximum atomic E-state index is 13.7. The number of furan rings is 1. The van der Waals surface area contributed by atoms with E-state index in [1.807, 2.05) is 91.0 Å². The Bertz CT molecular complexity index is 1540. The summed E-state index contributed by atoms with van der Waals surface area (Å²) in [7, 11) is 1.32. The summed E-state index contributed by atoms with van der Waals surface area (Å²) in [4.78, 5) is 27.4. The summed E-state index contributed by atoms with van der Waals surface area (Å²) in [6, 6.07) is 30.3. The lowest BCUT2D eigenvalue weighted by molar-refractivity contribution is -0.148. The zero-order valence-electron chi connectivity index (χ0n) is 27.0. The van der Waals surface area contributed by atoms with Crippen LogP contribution < -0.4 is 0 Å². The number of carbonyl (C=O) groups is 2. The number of rotatable bonds is 17. The van der Waals surface area contributed by atoms with Gasteiger partial charge in [0, 0.05) is 26.6 Å². The van der Waals surface area contributed by atoms with Gasteiger partial charge in [0.1, 0.15) is 30.3 Å². The Morgan fingerprint density at radius 2 is 1.64 bits per heavy atom. The van der Waals surface area contributed by atoms with Gasteiger partial charge in [0.05, 0.1) is 19.3 Å². The fourth-order valence-corrected chi connectivity index (χ4v) is 5.67. The molecular weight excluding hydrogens is 598 g/mol. The van der Waals surface area contributed by atoms with Gasteiger partial charge in [0.15, 0.2) is 6.10 Å². The van der Waals surface area contributed by atoms with Crippen molar-refractivity contribution in [1.82, 2.24) is 4.90 Å². The van der Waals surface area contributed by atoms with Crippen LogP contribution in [0.4, 0.5) is 4.79 Å². The van der Waals surface area contributed by atoms with Crippen molar-refractivity contribution in [2.75, 3.05) is 26.9 Å². The van der Waals surface area contributed by atoms with Gasteiger partial charge >= 0.3 is 6.09 Å². The number of cyclic esters (lactones) is 1. The summed E-state index contributed by atoms with van der Waals surface area (Å²) >= 11 is 0. The second kappa shape index (κ2) is 17.0. The van der Waals surface area contributed by atoms with Crippen molar-refractivity contribution in [1.29, 1.82) is 0 Å². The van der Waals surface area contributed by atoms with E-state index in [4.69, 9.17) is 23.4 Å². The smallest absolute Gasteiger partial charge is 0.417 e. The van der Waals surface area contributed by atoms with E-state index in [0.29, 0.717) is 44.8 Å². The zero-order chi connectivity index (χ0) is 33.0. The van der Waals surface area contributed by atoms with Crippen molar-refractivity contribution >= 4 is 12.0 Å². The van der Waals surface area contributed by atoms with Crippen LogP contribution in [0.15, 0.2) is 101 Å². The average Bonchev–Trinajstić information content (AvgIpc) is 3.70. The highest BCUT2D eigenvalue weighted by Crippen LogP contribution is 2.33. The van der Waals surface area contributed by atoms with Crippen molar-refractivity contribution in [2.45, 2.75) is 63.6 Å². The van der Waals surface area contributed by atoms with Crippen LogP contribution in [0.1, 0.15) is 65.7 Å². The van der Waals surface area contributed by atoms with Crippen molar-refractivity contribution in [3.05, 3.63) is 131 Å². The van der Waals surface area contributed by atoms with Crippen LogP contribution in [-0.2, 0) is 43.2 Å². The third-order valence-electron chi connectivity index (χ3n) is 8.30. The molecule has 0 radical (unpaired) electrons. The molecule has 0 unspecified atom stereocenters. The minimum Gasteiger partial charge on any atom is -0.463 e. The topological polar surface area (TPSA) is 108 Å². The number of carbonyl (C=O) groups excluding carboxylic acids is 2. The number of benzene rings is 3. The number of ether oxygens (including phenoxy) is 4. The lowest BCUT2D eigenvalue weighted by Crippen LogP contribution is -2.44. The molecule has 9 heteroatoms. The molecule has 1 aliphatic heterocycles. The molecule has 1 saturated heterocycles. The monoisotopic (exact) mass is 641 g/mol. The first-order valence-corrected chi connectivity index (χ1v) is 16.1. The Labute approximate surface area is 276 Å². The van der Waals surface area contributed by atoms with E-state index in [9.17, 15) is 14.7 Å². The Morgan fingerprint density at radius 3 is 2.30 bits per heavy atom. The van der Waals surface area contributed by atoms with E-state index in [2.05, 4.69) is 6.92 Å². The molecule has 0 saturated carbocycles. The number of aryl methyl sites for hydroxylation is 1. The van der Waals surface area contributed by atoms with Crippen molar-refractivity contribution < 1.29 is 38.1 Å². The predicted molar refractivity (Wildman–Crippen MR) is 176 cm³/mol. The summed E-state index contributed by atoms with van der Waals surface area (Å²) in [6.07, 6.45) is -0.954. The summed E-state index contributed by atoms with van der Waals surface area (Å²) in [5.74, 6) is 0.187. The second-order valence-corrected chi connectivity index (χ2v) is 11.6. The van der Waals surface area contributed by atoms with Gasteiger partial charge in [-0.25, -0.2) is 9.69 Å². The summed E-state index contributed by atoms with van der Waals surface area (Å²) in [6.45, 7) is 3.64. The summed E-state index contributed by atoms with van der Waals surface area (Å²) in [5, 5.41) is 11.4. The van der Waals surface area contributed by atoms with E-state index in [1.54, 1.807) is 6.07 Å². The van der Waals surface area contributed by atoms with Gasteiger partial charge in [-0.2, -0.15) is 0 Å². The Kier molecular flexibility index (Phi) is 12.3. The highest BCUT2D eigenvalue weighted by atomic mass is 16.6. The molecule has 1 aromatic heterocycles. The van der Waals surface area contributed by atoms with Gasteiger partial charge < -0.3 is 28.5 Å². The largest absolute Gasteiger partial charge is 0.463 e. The standard InChI is InChI=1S/C38H43NO8/c1-3-31(45-24-28-16-9-5-10-17-28)25-44-21-13-20-33-30(22-27-14-7-4-8-15-27)23-34(47-33)35(40)36(43-2)37(41)39-32(26-46-38(39)42)29-18-11-6-12-19-29/h4-12,14-19,23,31-32,35-36,40H,3,13,20-22,24-26H2,1-2H3/t31-,32-,35-,36+/m1/s1. The number of nitrogens with zero attached hydrogens (tertiary/aromatic N) is 1. The number of amides is 2. The molecule has 2 amide bonds. The molecule has 1 fully saturated rings. The molecule has 0 aliphatic carbocycles. The lowest BCUT2D eigenvalue weighted by atomic mass is 10.0. The molecule has 4 aromatic rings. The SMILES string of the molecule is CC[C@H](COCCCc1oc([C@@H](O)[C@H](OC)C(=O)N2C(=O)OC[C@@H]2c2ccccc2)cc1Cc1ccccc1)OCc1ccccc1. The Morgan fingerprint density at radius 1 is 0.979 bits per heavy atom. The average molecular weight is 642 g/mol. The van der Waals surface area contributed by atoms with Gasteiger partial charge in [0.25, 0.3) is 5.91 Å². The van der Waals surface area contributed by atoms with E-state index in [1.165, 1.54) is 7.11 Å². The van der Waals surface area contributed by atoms with Crippen LogP contribution in [0, 0.1) is 0 Å². The molecule has 0 bridgehead atoms. The third kappa shape index (κ3) is 8.96. The molecule has 47 heavy (non-hydrogen) atoms. The minimum absolute atomic E-state index is 0.00731. The molecular formula is C38H43NO8. The first-order chi connectivity index (χ1) is 23.0. The Balaban J connectivity index is 1.24. The van der Waals surface area contributed by atoms with E-state index in [0.717, 1.165) is 33.6 Å². The highest BCUT2D eigenvalue weighted by molar-refractivity contribution is 5.96. The molecule has 5 rings (SSSR count). The van der Waals surface area contributed by atoms with Gasteiger partial charge in [0.2, 0.25) is 0 Å². The van der Waals surface area contributed by atoms with Gasteiger partial charge in [-0.3, -0.25) is 4.79 Å². The number of hydrogen-bond donors (Lipinski definition) is 1. The number of aliphatic hydroxyl groups is 1. The molecule has 9 nitrogen and oxygen atoms in total. The maximum absolute atomic E-state index is 13.7. The maximum Gasteiger partial charge on any atom is 0.417 e. The minimum atomic E-state index is -1.45. The molecule has 0 spiro atoms. The second-order valence-electron chi connectivity index (χ2n) is 11.6. The molecule has 248 valence electrons. The molecule has 1 aliphatic rings. The van der Waals surface area contributed by atoms with Crippen LogP contribution in [0.2, 0.25) is 0 Å². The fraction of sp³-hybridized carbons (Fsp3) is 0.368. The first-order valence-electron chi connectivity index (χ1n) is 16.1. The van der Waals surface area contributed by atoms with Gasteiger partial charge in [-0.05, 0) is 41.2 Å². The van der Waals surface area contributed by atoms with Crippen molar-refractivity contribution in [2.24, 2.45) is 0 Å². The van der Waals surface area contributed by atoms with Gasteiger partial charge in [-0.15, -0.1) is 0 Å². The zero-order valence-corrected chi connectivity index (χ0v) is 27.0. The summed E-state index contributed by atoms with van der Waals surface area (Å²) in [5.41, 5.74) is 3.85.